The lowest BCUT2D eigenvalue weighted by atomic mass is 10.1. The zero-order valence-corrected chi connectivity index (χ0v) is 12.6. The summed E-state index contributed by atoms with van der Waals surface area (Å²) in [5.41, 5.74) is 2.41. The van der Waals surface area contributed by atoms with Crippen molar-refractivity contribution >= 4 is 5.91 Å². The second-order valence-electron chi connectivity index (χ2n) is 5.44. The summed E-state index contributed by atoms with van der Waals surface area (Å²) in [6.45, 7) is 3.68. The molecule has 2 heterocycles. The molecule has 5 nitrogen and oxygen atoms in total. The molecule has 1 aliphatic rings. The van der Waals surface area contributed by atoms with Gasteiger partial charge in [-0.05, 0) is 36.2 Å². The van der Waals surface area contributed by atoms with E-state index >= 15 is 0 Å². The number of nitrogens with one attached hydrogen (secondary N) is 2. The van der Waals surface area contributed by atoms with E-state index in [0.29, 0.717) is 13.1 Å². The topological polar surface area (TPSA) is 63.5 Å². The Balaban J connectivity index is 1.47. The summed E-state index contributed by atoms with van der Waals surface area (Å²) >= 11 is 0. The first-order chi connectivity index (χ1) is 10.7. The van der Waals surface area contributed by atoms with Gasteiger partial charge in [0.2, 0.25) is 5.91 Å². The van der Waals surface area contributed by atoms with Crippen LogP contribution >= 0.6 is 0 Å². The molecular weight excluding hydrogens is 280 g/mol. The number of ether oxygens (including phenoxy) is 1. The number of rotatable bonds is 6. The number of furan rings is 1. The molecule has 1 aliphatic heterocycles. The van der Waals surface area contributed by atoms with E-state index in [4.69, 9.17) is 9.15 Å². The minimum atomic E-state index is -0.264. The summed E-state index contributed by atoms with van der Waals surface area (Å²) in [5, 5.41) is 6.08. The van der Waals surface area contributed by atoms with Gasteiger partial charge in [-0.1, -0.05) is 12.1 Å². The average molecular weight is 300 g/mol. The van der Waals surface area contributed by atoms with Crippen molar-refractivity contribution in [1.29, 1.82) is 0 Å². The van der Waals surface area contributed by atoms with Gasteiger partial charge >= 0.3 is 0 Å². The monoisotopic (exact) mass is 300 g/mol. The van der Waals surface area contributed by atoms with Crippen molar-refractivity contribution < 1.29 is 13.9 Å². The molecule has 3 rings (SSSR count). The highest BCUT2D eigenvalue weighted by Gasteiger charge is 2.14. The maximum atomic E-state index is 12.0. The number of hydrogen-bond donors (Lipinski definition) is 2. The van der Waals surface area contributed by atoms with Crippen molar-refractivity contribution in [3.05, 3.63) is 53.5 Å². The fourth-order valence-corrected chi connectivity index (χ4v) is 2.45. The minimum absolute atomic E-state index is 0.0408. The largest absolute Gasteiger partial charge is 0.493 e. The smallest absolute Gasteiger partial charge is 0.237 e. The van der Waals surface area contributed by atoms with Crippen LogP contribution in [0.5, 0.6) is 5.75 Å². The molecule has 0 aliphatic carbocycles. The van der Waals surface area contributed by atoms with Crippen LogP contribution in [0.25, 0.3) is 0 Å². The maximum Gasteiger partial charge on any atom is 0.237 e. The van der Waals surface area contributed by atoms with Gasteiger partial charge in [0.05, 0.1) is 25.5 Å². The van der Waals surface area contributed by atoms with Gasteiger partial charge in [0.15, 0.2) is 0 Å². The molecule has 116 valence electrons. The van der Waals surface area contributed by atoms with Gasteiger partial charge in [-0.3, -0.25) is 4.79 Å². The number of hydrogen-bond acceptors (Lipinski definition) is 4. The molecule has 0 bridgehead atoms. The third-order valence-electron chi connectivity index (χ3n) is 3.78. The van der Waals surface area contributed by atoms with Crippen LogP contribution < -0.4 is 15.4 Å². The summed E-state index contributed by atoms with van der Waals surface area (Å²) in [5.74, 6) is 1.69. The average Bonchev–Trinajstić information content (AvgIpc) is 3.20. The van der Waals surface area contributed by atoms with Crippen LogP contribution in [0.15, 0.2) is 41.0 Å². The van der Waals surface area contributed by atoms with E-state index in [-0.39, 0.29) is 11.9 Å². The molecular formula is C17H20N2O3. The van der Waals surface area contributed by atoms with Crippen LogP contribution in [0.2, 0.25) is 0 Å². The third-order valence-corrected chi connectivity index (χ3v) is 3.78. The Labute approximate surface area is 129 Å². The molecule has 2 N–H and O–H groups in total. The van der Waals surface area contributed by atoms with Gasteiger partial charge in [0.25, 0.3) is 0 Å². The Hall–Kier alpha value is -2.27. The lowest BCUT2D eigenvalue weighted by Crippen LogP contribution is -2.41. The second kappa shape index (κ2) is 6.66. The van der Waals surface area contributed by atoms with Crippen molar-refractivity contribution in [3.8, 4) is 5.75 Å². The lowest BCUT2D eigenvalue weighted by Gasteiger charge is -2.14. The highest BCUT2D eigenvalue weighted by molar-refractivity contribution is 5.81. The molecule has 1 aromatic heterocycles. The van der Waals surface area contributed by atoms with Crippen molar-refractivity contribution in [2.45, 2.75) is 32.5 Å². The first kappa shape index (κ1) is 14.7. The zero-order valence-electron chi connectivity index (χ0n) is 12.6. The van der Waals surface area contributed by atoms with E-state index in [1.165, 1.54) is 5.56 Å². The van der Waals surface area contributed by atoms with E-state index in [1.807, 2.05) is 25.1 Å². The summed E-state index contributed by atoms with van der Waals surface area (Å²) in [6, 6.07) is 9.56. The summed E-state index contributed by atoms with van der Waals surface area (Å²) in [7, 11) is 0. The second-order valence-corrected chi connectivity index (χ2v) is 5.44. The standard InChI is InChI=1S/C17H20N2O3/c1-12(17(20)19-11-15-3-2-7-21-15)18-10-13-4-5-16-14(9-13)6-8-22-16/h2-5,7,9,12,18H,6,8,10-11H2,1H3,(H,19,20). The molecule has 0 saturated carbocycles. The van der Waals surface area contributed by atoms with Gasteiger partial charge in [0, 0.05) is 13.0 Å². The minimum Gasteiger partial charge on any atom is -0.493 e. The van der Waals surface area contributed by atoms with E-state index in [1.54, 1.807) is 12.3 Å². The summed E-state index contributed by atoms with van der Waals surface area (Å²) < 4.78 is 10.7. The fraction of sp³-hybridized carbons (Fsp3) is 0.353. The normalized spacial score (nSPS) is 14.2. The first-order valence-electron chi connectivity index (χ1n) is 7.50. The molecule has 1 aromatic carbocycles. The van der Waals surface area contributed by atoms with Crippen molar-refractivity contribution in [2.75, 3.05) is 6.61 Å². The van der Waals surface area contributed by atoms with Crippen LogP contribution in [0.4, 0.5) is 0 Å². The van der Waals surface area contributed by atoms with E-state index in [9.17, 15) is 4.79 Å². The van der Waals surface area contributed by atoms with Crippen molar-refractivity contribution in [2.24, 2.45) is 0 Å². The Morgan fingerprint density at radius 1 is 1.32 bits per heavy atom. The maximum absolute atomic E-state index is 12.0. The van der Waals surface area contributed by atoms with Crippen LogP contribution in [0.1, 0.15) is 23.8 Å². The van der Waals surface area contributed by atoms with Crippen molar-refractivity contribution in [1.82, 2.24) is 10.6 Å². The van der Waals surface area contributed by atoms with Gasteiger partial charge in [-0.2, -0.15) is 0 Å². The van der Waals surface area contributed by atoms with Crippen LogP contribution in [0.3, 0.4) is 0 Å². The van der Waals surface area contributed by atoms with Crippen LogP contribution in [0, 0.1) is 0 Å². The molecule has 1 unspecified atom stereocenters. The third kappa shape index (κ3) is 3.49. The van der Waals surface area contributed by atoms with Crippen molar-refractivity contribution in [3.63, 3.8) is 0 Å². The van der Waals surface area contributed by atoms with Gasteiger partial charge < -0.3 is 19.8 Å². The summed E-state index contributed by atoms with van der Waals surface area (Å²) in [4.78, 5) is 12.0. The van der Waals surface area contributed by atoms with Gasteiger partial charge in [-0.15, -0.1) is 0 Å². The molecule has 0 radical (unpaired) electrons. The first-order valence-corrected chi connectivity index (χ1v) is 7.50. The van der Waals surface area contributed by atoms with Gasteiger partial charge in [-0.25, -0.2) is 0 Å². The molecule has 5 heteroatoms. The molecule has 2 aromatic rings. The molecule has 22 heavy (non-hydrogen) atoms. The Kier molecular flexibility index (Phi) is 4.44. The van der Waals surface area contributed by atoms with Crippen LogP contribution in [-0.2, 0) is 24.3 Å². The van der Waals surface area contributed by atoms with E-state index in [0.717, 1.165) is 30.1 Å². The highest BCUT2D eigenvalue weighted by Crippen LogP contribution is 2.25. The molecule has 1 atom stereocenters. The SMILES string of the molecule is CC(NCc1ccc2c(c1)CCO2)C(=O)NCc1ccco1. The van der Waals surface area contributed by atoms with E-state index in [2.05, 4.69) is 16.7 Å². The van der Waals surface area contributed by atoms with E-state index < -0.39 is 0 Å². The number of carbonyl (C=O) groups is 1. The Bertz CT molecular complexity index is 637. The number of amides is 1. The highest BCUT2D eigenvalue weighted by atomic mass is 16.5. The molecule has 0 fully saturated rings. The van der Waals surface area contributed by atoms with Crippen LogP contribution in [-0.4, -0.2) is 18.6 Å². The lowest BCUT2D eigenvalue weighted by molar-refractivity contribution is -0.123. The number of carbonyl (C=O) groups excluding carboxylic acids is 1. The predicted molar refractivity (Wildman–Crippen MR) is 82.5 cm³/mol. The molecule has 0 spiro atoms. The molecule has 1 amide bonds. The van der Waals surface area contributed by atoms with Gasteiger partial charge in [0.1, 0.15) is 11.5 Å². The Morgan fingerprint density at radius 3 is 3.05 bits per heavy atom. The zero-order chi connectivity index (χ0) is 15.4. The molecule has 0 saturated heterocycles. The predicted octanol–water partition coefficient (Wildman–Crippen LogP) is 2.01. The quantitative estimate of drug-likeness (QED) is 0.856. The number of benzene rings is 1. The Morgan fingerprint density at radius 2 is 2.23 bits per heavy atom. The number of fused-ring (bicyclic) bond motifs is 1. The fourth-order valence-electron chi connectivity index (χ4n) is 2.45. The summed E-state index contributed by atoms with van der Waals surface area (Å²) in [6.07, 6.45) is 2.56.